The minimum atomic E-state index is 0.842. The summed E-state index contributed by atoms with van der Waals surface area (Å²) in [5, 5.41) is 11.8. The summed E-state index contributed by atoms with van der Waals surface area (Å²) in [4.78, 5) is 4.74. The van der Waals surface area contributed by atoms with Crippen LogP contribution in [0.2, 0.25) is 0 Å². The van der Waals surface area contributed by atoms with Crippen molar-refractivity contribution in [2.24, 2.45) is 0 Å². The summed E-state index contributed by atoms with van der Waals surface area (Å²) >= 11 is 0. The zero-order chi connectivity index (χ0) is 56.7. The van der Waals surface area contributed by atoms with E-state index in [0.717, 1.165) is 117 Å². The molecule has 86 heavy (non-hydrogen) atoms. The van der Waals surface area contributed by atoms with Gasteiger partial charge in [-0.3, -0.25) is 0 Å². The van der Waals surface area contributed by atoms with Gasteiger partial charge in [0.1, 0.15) is 11.2 Å². The fourth-order valence-corrected chi connectivity index (χ4v) is 13.4. The number of para-hydroxylation sites is 5. The lowest BCUT2D eigenvalue weighted by Crippen LogP contribution is -2.11. The largest absolute Gasteiger partial charge is 0.454 e. The lowest BCUT2D eigenvalue weighted by atomic mass is 9.87. The van der Waals surface area contributed by atoms with E-state index in [2.05, 4.69) is 313 Å². The summed E-state index contributed by atoms with van der Waals surface area (Å²) in [6.07, 6.45) is 0. The number of nitrogens with zero attached hydrogens (tertiary/aromatic N) is 2. The first-order chi connectivity index (χ1) is 42.7. The Morgan fingerprint density at radius 1 is 0.209 bits per heavy atom. The predicted octanol–water partition coefficient (Wildman–Crippen LogP) is 23.7. The molecule has 0 bridgehead atoms. The molecule has 0 aliphatic carbocycles. The molecule has 402 valence electrons. The van der Waals surface area contributed by atoms with Crippen LogP contribution in [0, 0.1) is 0 Å². The number of rotatable bonds is 11. The standard InChI is InChI=1S/C82H52N2O2/c1-4-18-53(19-5-1)60-42-51-74(72(52-60)55-22-8-3-9-23-55)84(76-31-17-28-71-67-26-12-15-33-78(67)86-82(71)76)62-45-36-57(37-46-62)64-48-39-59-40-49-68-63(47-38-58-41-50-69(64)80(59)79(58)68)56-34-43-61(44-35-56)83(73-29-13-10-24-65(73)54-20-6-2-7-21-54)75-30-16-27-70-66-25-11-14-32-77(66)85-81(70)75/h1-52H. The first kappa shape index (κ1) is 49.2. The van der Waals surface area contributed by atoms with Gasteiger partial charge in [-0.15, -0.1) is 0 Å². The summed E-state index contributed by atoms with van der Waals surface area (Å²) in [6, 6.07) is 114. The van der Waals surface area contributed by atoms with E-state index in [4.69, 9.17) is 8.83 Å². The molecule has 0 N–H and O–H groups in total. The van der Waals surface area contributed by atoms with Crippen LogP contribution < -0.4 is 9.80 Å². The molecule has 0 radical (unpaired) electrons. The third kappa shape index (κ3) is 8.07. The quantitative estimate of drug-likeness (QED) is 0.121. The molecule has 0 aliphatic rings. The second-order valence-electron chi connectivity index (χ2n) is 22.3. The van der Waals surface area contributed by atoms with E-state index in [-0.39, 0.29) is 0 Å². The molecule has 0 unspecified atom stereocenters. The summed E-state index contributed by atoms with van der Waals surface area (Å²) in [5.74, 6) is 0. The van der Waals surface area contributed by atoms with E-state index in [0.29, 0.717) is 0 Å². The highest BCUT2D eigenvalue weighted by Crippen LogP contribution is 2.50. The van der Waals surface area contributed by atoms with Crippen molar-refractivity contribution >= 4 is 110 Å². The van der Waals surface area contributed by atoms with Gasteiger partial charge in [0.25, 0.3) is 0 Å². The van der Waals surface area contributed by atoms with Crippen molar-refractivity contribution in [2.75, 3.05) is 9.80 Å². The Balaban J connectivity index is 0.779. The second kappa shape index (κ2) is 20.2. The van der Waals surface area contributed by atoms with E-state index >= 15 is 0 Å². The van der Waals surface area contributed by atoms with E-state index in [1.54, 1.807) is 0 Å². The molecule has 0 fully saturated rings. The molecule has 15 aromatic carbocycles. The van der Waals surface area contributed by atoms with Crippen LogP contribution in [0.25, 0.3) is 132 Å². The van der Waals surface area contributed by atoms with Gasteiger partial charge in [0, 0.05) is 44.0 Å². The van der Waals surface area contributed by atoms with Gasteiger partial charge < -0.3 is 18.6 Å². The zero-order valence-corrected chi connectivity index (χ0v) is 46.7. The molecular formula is C82H52N2O2. The number of furan rings is 2. The van der Waals surface area contributed by atoms with Gasteiger partial charge in [0.05, 0.1) is 22.7 Å². The summed E-state index contributed by atoms with van der Waals surface area (Å²) in [7, 11) is 0. The molecule has 0 amide bonds. The number of hydrogen-bond donors (Lipinski definition) is 0. The maximum atomic E-state index is 6.82. The lowest BCUT2D eigenvalue weighted by Gasteiger charge is -2.28. The Kier molecular flexibility index (Phi) is 11.5. The van der Waals surface area contributed by atoms with Crippen molar-refractivity contribution in [1.29, 1.82) is 0 Å². The van der Waals surface area contributed by atoms with Gasteiger partial charge in [0.15, 0.2) is 11.2 Å². The molecule has 0 atom stereocenters. The lowest BCUT2D eigenvalue weighted by molar-refractivity contribution is 0.668. The maximum Gasteiger partial charge on any atom is 0.159 e. The molecule has 0 aliphatic heterocycles. The van der Waals surface area contributed by atoms with Crippen molar-refractivity contribution in [2.45, 2.75) is 0 Å². The SMILES string of the molecule is c1ccc(-c2ccc(N(c3ccc(-c4ccc5ccc6c(-c7ccc(N(c8ccccc8-c8ccccc8)c8cccc9c8oc8ccccc89)cc7)ccc7ccc4c5c76)cc3)c3cccc4c3oc3ccccc34)c(-c3ccccc3)c2)cc1. The van der Waals surface area contributed by atoms with Gasteiger partial charge >= 0.3 is 0 Å². The molecule has 4 heteroatoms. The van der Waals surface area contributed by atoms with Gasteiger partial charge in [-0.1, -0.05) is 249 Å². The Labute approximate surface area is 497 Å². The van der Waals surface area contributed by atoms with E-state index in [9.17, 15) is 0 Å². The number of fused-ring (bicyclic) bond motifs is 6. The molecule has 0 saturated heterocycles. The first-order valence-corrected chi connectivity index (χ1v) is 29.4. The van der Waals surface area contributed by atoms with Crippen molar-refractivity contribution in [3.63, 3.8) is 0 Å². The average molecular weight is 1100 g/mol. The van der Waals surface area contributed by atoms with Crippen LogP contribution in [0.5, 0.6) is 0 Å². The molecule has 0 saturated carbocycles. The highest BCUT2D eigenvalue weighted by atomic mass is 16.3. The fourth-order valence-electron chi connectivity index (χ4n) is 13.4. The van der Waals surface area contributed by atoms with Crippen LogP contribution in [0.1, 0.15) is 0 Å². The van der Waals surface area contributed by atoms with Crippen LogP contribution >= 0.6 is 0 Å². The molecule has 2 heterocycles. The van der Waals surface area contributed by atoms with Gasteiger partial charge in [-0.25, -0.2) is 0 Å². The smallest absolute Gasteiger partial charge is 0.159 e. The minimum Gasteiger partial charge on any atom is -0.454 e. The minimum absolute atomic E-state index is 0.842. The average Bonchev–Trinajstić information content (AvgIpc) is 1.32. The number of hydrogen-bond acceptors (Lipinski definition) is 4. The molecule has 2 aromatic heterocycles. The molecular weight excluding hydrogens is 1040 g/mol. The summed E-state index contributed by atoms with van der Waals surface area (Å²) in [6.45, 7) is 0. The van der Waals surface area contributed by atoms with Crippen molar-refractivity contribution < 1.29 is 8.83 Å². The van der Waals surface area contributed by atoms with Crippen LogP contribution in [0.3, 0.4) is 0 Å². The first-order valence-electron chi connectivity index (χ1n) is 29.4. The third-order valence-corrected chi connectivity index (χ3v) is 17.4. The van der Waals surface area contributed by atoms with Crippen LogP contribution in [0.15, 0.2) is 324 Å². The van der Waals surface area contributed by atoms with E-state index in [1.165, 1.54) is 49.0 Å². The predicted molar refractivity (Wildman–Crippen MR) is 361 cm³/mol. The highest BCUT2D eigenvalue weighted by Gasteiger charge is 2.25. The normalized spacial score (nSPS) is 11.7. The summed E-state index contributed by atoms with van der Waals surface area (Å²) in [5.41, 5.74) is 21.1. The van der Waals surface area contributed by atoms with Gasteiger partial charge in [-0.2, -0.15) is 0 Å². The zero-order valence-electron chi connectivity index (χ0n) is 46.7. The number of benzene rings is 15. The van der Waals surface area contributed by atoms with Crippen LogP contribution in [-0.2, 0) is 0 Å². The molecule has 4 nitrogen and oxygen atoms in total. The van der Waals surface area contributed by atoms with E-state index in [1.807, 2.05) is 12.1 Å². The van der Waals surface area contributed by atoms with E-state index < -0.39 is 0 Å². The Morgan fingerprint density at radius 2 is 0.593 bits per heavy atom. The van der Waals surface area contributed by atoms with Crippen LogP contribution in [-0.4, -0.2) is 0 Å². The molecule has 0 spiro atoms. The van der Waals surface area contributed by atoms with Crippen molar-refractivity contribution in [3.8, 4) is 55.6 Å². The Bertz CT molecular complexity index is 5400. The topological polar surface area (TPSA) is 32.8 Å². The fraction of sp³-hybridized carbons (Fsp3) is 0. The summed E-state index contributed by atoms with van der Waals surface area (Å²) < 4.78 is 13.6. The Morgan fingerprint density at radius 3 is 1.12 bits per heavy atom. The van der Waals surface area contributed by atoms with Gasteiger partial charge in [-0.05, 0) is 144 Å². The van der Waals surface area contributed by atoms with Crippen molar-refractivity contribution in [1.82, 2.24) is 0 Å². The second-order valence-corrected chi connectivity index (χ2v) is 22.3. The van der Waals surface area contributed by atoms with Gasteiger partial charge in [0.2, 0.25) is 0 Å². The van der Waals surface area contributed by atoms with Crippen molar-refractivity contribution in [3.05, 3.63) is 315 Å². The Hall–Kier alpha value is -11.5. The molecule has 17 aromatic rings. The highest BCUT2D eigenvalue weighted by molar-refractivity contribution is 6.28. The molecule has 17 rings (SSSR count). The number of anilines is 6. The third-order valence-electron chi connectivity index (χ3n) is 17.4. The van der Waals surface area contributed by atoms with Crippen LogP contribution in [0.4, 0.5) is 34.1 Å². The maximum absolute atomic E-state index is 6.82. The monoisotopic (exact) mass is 1100 g/mol.